The van der Waals surface area contributed by atoms with Crippen molar-refractivity contribution in [3.8, 4) is 5.88 Å². The Labute approximate surface area is 275 Å². The summed E-state index contributed by atoms with van der Waals surface area (Å²) in [6.45, 7) is 8.82. The Kier molecular flexibility index (Phi) is 8.27. The Morgan fingerprint density at radius 2 is 1.79 bits per heavy atom. The highest BCUT2D eigenvalue weighted by atomic mass is 32.2. The van der Waals surface area contributed by atoms with Gasteiger partial charge in [-0.05, 0) is 80.6 Å². The minimum atomic E-state index is -4.75. The van der Waals surface area contributed by atoms with Gasteiger partial charge in [-0.2, -0.15) is 17.5 Å². The number of halogens is 3. The molecule has 2 aliphatic rings. The summed E-state index contributed by atoms with van der Waals surface area (Å²) in [4.78, 5) is 21.6. The van der Waals surface area contributed by atoms with Gasteiger partial charge in [0.2, 0.25) is 21.7 Å². The number of nitrogens with zero attached hydrogens (tertiary/aromatic N) is 6. The lowest BCUT2D eigenvalue weighted by atomic mass is 9.71. The number of aromatic nitrogens is 5. The number of aryl methyl sites for hydroxylation is 3. The minimum Gasteiger partial charge on any atom is -0.481 e. The van der Waals surface area contributed by atoms with Crippen molar-refractivity contribution in [3.05, 3.63) is 76.1 Å². The van der Waals surface area contributed by atoms with Crippen molar-refractivity contribution < 1.29 is 41.0 Å². The number of carbonyl (C=O) groups is 1. The third-order valence-corrected chi connectivity index (χ3v) is 11.1. The van der Waals surface area contributed by atoms with Crippen LogP contribution in [0.15, 0.2) is 41.7 Å². The molecule has 16 heteroatoms. The van der Waals surface area contributed by atoms with Crippen LogP contribution in [-0.2, 0) is 32.3 Å². The monoisotopic (exact) mass is 688 g/mol. The van der Waals surface area contributed by atoms with Gasteiger partial charge in [0.1, 0.15) is 10.5 Å². The molecule has 0 amide bonds. The fraction of sp³-hybridized carbons (Fsp3) is 0.469. The van der Waals surface area contributed by atoms with Gasteiger partial charge < -0.3 is 14.6 Å². The Morgan fingerprint density at radius 1 is 1.08 bits per heavy atom. The number of alkyl halides is 3. The molecule has 1 spiro atoms. The summed E-state index contributed by atoms with van der Waals surface area (Å²) in [5.41, 5.74) is 0.417. The Hall–Kier alpha value is -4.15. The summed E-state index contributed by atoms with van der Waals surface area (Å²) in [5, 5.41) is 17.5. The summed E-state index contributed by atoms with van der Waals surface area (Å²) < 4.78 is 83.4. The maximum absolute atomic E-state index is 14.2. The van der Waals surface area contributed by atoms with Gasteiger partial charge in [-0.3, -0.25) is 14.2 Å². The quantitative estimate of drug-likeness (QED) is 0.298. The first kappa shape index (κ1) is 33.7. The lowest BCUT2D eigenvalue weighted by Crippen LogP contribution is -2.50. The zero-order chi connectivity index (χ0) is 34.8. The van der Waals surface area contributed by atoms with E-state index >= 15 is 0 Å². The molecular weight excluding hydrogens is 653 g/mol. The number of carboxylic acid groups (broad SMARTS) is 1. The molecule has 2 aliphatic heterocycles. The zero-order valence-corrected chi connectivity index (χ0v) is 27.8. The van der Waals surface area contributed by atoms with E-state index in [0.717, 1.165) is 4.40 Å². The highest BCUT2D eigenvalue weighted by Gasteiger charge is 2.46. The first-order valence-electron chi connectivity index (χ1n) is 15.3. The molecule has 6 rings (SSSR count). The molecule has 0 saturated carbocycles. The standard InChI is InChI=1S/C32H35F3N6O6S/c1-18-12-24-27(37-14-18)47-31(7-10-46-11-8-31)17-40(48(24,44)45)16-21-13-23(36-15-19(21)2)25(30(4,5)29(42)43)22-6-9-41-26(20(22)3)38-39-28(41)32(33,34)35/h6,9,12-15,25H,7-8,10-11,16-17H2,1-5H3,(H,42,43)/t25-/m1/s1. The number of ether oxygens (including phenoxy) is 2. The van der Waals surface area contributed by atoms with Crippen molar-refractivity contribution in [3.63, 3.8) is 0 Å². The van der Waals surface area contributed by atoms with Crippen molar-refractivity contribution in [2.45, 2.75) is 76.6 Å². The number of rotatable bonds is 6. The fourth-order valence-corrected chi connectivity index (χ4v) is 8.11. The zero-order valence-electron chi connectivity index (χ0n) is 27.0. The normalized spacial score (nSPS) is 18.7. The van der Waals surface area contributed by atoms with E-state index in [1.54, 1.807) is 39.2 Å². The summed E-state index contributed by atoms with van der Waals surface area (Å²) in [6, 6.07) is 4.63. The number of hydrogen-bond acceptors (Lipinski definition) is 9. The summed E-state index contributed by atoms with van der Waals surface area (Å²) >= 11 is 0. The molecule has 0 aromatic carbocycles. The van der Waals surface area contributed by atoms with Crippen LogP contribution in [0.5, 0.6) is 5.88 Å². The van der Waals surface area contributed by atoms with Gasteiger partial charge in [0.15, 0.2) is 5.65 Å². The molecule has 4 aromatic heterocycles. The Morgan fingerprint density at radius 3 is 2.46 bits per heavy atom. The molecule has 1 atom stereocenters. The van der Waals surface area contributed by atoms with Crippen LogP contribution in [0.4, 0.5) is 13.2 Å². The Balaban J connectivity index is 1.47. The third-order valence-electron chi connectivity index (χ3n) is 9.34. The summed E-state index contributed by atoms with van der Waals surface area (Å²) in [7, 11) is -4.12. The second kappa shape index (κ2) is 11.8. The van der Waals surface area contributed by atoms with E-state index in [1.807, 2.05) is 0 Å². The first-order chi connectivity index (χ1) is 22.4. The molecule has 48 heavy (non-hydrogen) atoms. The summed E-state index contributed by atoms with van der Waals surface area (Å²) in [5.74, 6) is -3.30. The number of pyridine rings is 3. The average Bonchev–Trinajstić information content (AvgIpc) is 3.44. The molecule has 1 fully saturated rings. The topological polar surface area (TPSA) is 149 Å². The van der Waals surface area contributed by atoms with E-state index in [1.165, 1.54) is 36.5 Å². The second-order valence-electron chi connectivity index (χ2n) is 13.1. The van der Waals surface area contributed by atoms with E-state index in [-0.39, 0.29) is 29.5 Å². The van der Waals surface area contributed by atoms with Gasteiger partial charge in [0.05, 0.1) is 25.2 Å². The third kappa shape index (κ3) is 5.79. The maximum Gasteiger partial charge on any atom is 0.452 e. The number of aliphatic carboxylic acids is 1. The molecule has 0 aliphatic carbocycles. The molecule has 4 aromatic rings. The number of fused-ring (bicyclic) bond motifs is 2. The van der Waals surface area contributed by atoms with Crippen LogP contribution in [0, 0.1) is 26.2 Å². The van der Waals surface area contributed by atoms with Crippen LogP contribution in [0.25, 0.3) is 5.65 Å². The van der Waals surface area contributed by atoms with Gasteiger partial charge in [0, 0.05) is 49.6 Å². The van der Waals surface area contributed by atoms with E-state index in [2.05, 4.69) is 20.2 Å². The van der Waals surface area contributed by atoms with Crippen molar-refractivity contribution in [1.29, 1.82) is 0 Å². The molecule has 12 nitrogen and oxygen atoms in total. The number of sulfonamides is 1. The van der Waals surface area contributed by atoms with E-state index in [0.29, 0.717) is 59.6 Å². The smallest absolute Gasteiger partial charge is 0.452 e. The number of hydrogen-bond donors (Lipinski definition) is 1. The van der Waals surface area contributed by atoms with Crippen LogP contribution < -0.4 is 4.74 Å². The molecule has 1 N–H and O–H groups in total. The van der Waals surface area contributed by atoms with Crippen LogP contribution in [-0.4, -0.2) is 73.7 Å². The lowest BCUT2D eigenvalue weighted by molar-refractivity contribution is -0.147. The molecule has 1 saturated heterocycles. The largest absolute Gasteiger partial charge is 0.481 e. The number of carboxylic acids is 1. The van der Waals surface area contributed by atoms with Gasteiger partial charge in [-0.25, -0.2) is 13.4 Å². The van der Waals surface area contributed by atoms with Crippen molar-refractivity contribution >= 4 is 21.6 Å². The first-order valence-corrected chi connectivity index (χ1v) is 16.7. The van der Waals surface area contributed by atoms with Gasteiger partial charge in [0.25, 0.3) is 0 Å². The SMILES string of the molecule is Cc1cnc2c(c1)S(=O)(=O)N(Cc1cc([C@@H](c3ccn4c(C(F)(F)F)nnc4c3C)C(C)(C)C(=O)O)ncc1C)CC1(CCOCC1)O2. The van der Waals surface area contributed by atoms with Crippen molar-refractivity contribution in [2.75, 3.05) is 19.8 Å². The van der Waals surface area contributed by atoms with Gasteiger partial charge in [-0.15, -0.1) is 10.2 Å². The van der Waals surface area contributed by atoms with Crippen LogP contribution >= 0.6 is 0 Å². The predicted octanol–water partition coefficient (Wildman–Crippen LogP) is 4.84. The molecule has 0 radical (unpaired) electrons. The maximum atomic E-state index is 14.2. The van der Waals surface area contributed by atoms with Crippen molar-refractivity contribution in [2.24, 2.45) is 5.41 Å². The minimum absolute atomic E-state index is 0.0272. The van der Waals surface area contributed by atoms with Crippen LogP contribution in [0.3, 0.4) is 0 Å². The molecular formula is C32H35F3N6O6S. The molecule has 256 valence electrons. The lowest BCUT2D eigenvalue weighted by Gasteiger charge is -2.38. The highest BCUT2D eigenvalue weighted by Crippen LogP contribution is 2.44. The molecule has 0 bridgehead atoms. The second-order valence-corrected chi connectivity index (χ2v) is 15.0. The van der Waals surface area contributed by atoms with Gasteiger partial charge in [-0.1, -0.05) is 0 Å². The van der Waals surface area contributed by atoms with Crippen LogP contribution in [0.2, 0.25) is 0 Å². The van der Waals surface area contributed by atoms with Crippen molar-refractivity contribution in [1.82, 2.24) is 28.9 Å². The molecule has 0 unspecified atom stereocenters. The van der Waals surface area contributed by atoms with Gasteiger partial charge >= 0.3 is 12.1 Å². The highest BCUT2D eigenvalue weighted by molar-refractivity contribution is 7.89. The van der Waals surface area contributed by atoms with E-state index in [4.69, 9.17) is 9.47 Å². The van der Waals surface area contributed by atoms with Crippen LogP contribution in [0.1, 0.15) is 71.9 Å². The predicted molar refractivity (Wildman–Crippen MR) is 165 cm³/mol. The molecule has 6 heterocycles. The van der Waals surface area contributed by atoms with E-state index < -0.39 is 44.9 Å². The fourth-order valence-electron chi connectivity index (χ4n) is 6.47. The summed E-state index contributed by atoms with van der Waals surface area (Å²) in [6.07, 6.45) is 0.424. The average molecular weight is 689 g/mol. The Bertz CT molecular complexity index is 2020. The van der Waals surface area contributed by atoms with E-state index in [9.17, 15) is 31.5 Å².